The molecule has 0 aromatic heterocycles. The number of rotatable bonds is 4. The summed E-state index contributed by atoms with van der Waals surface area (Å²) in [5.74, 6) is 2.44. The van der Waals surface area contributed by atoms with Gasteiger partial charge in [-0.2, -0.15) is 0 Å². The van der Waals surface area contributed by atoms with Gasteiger partial charge in [-0.1, -0.05) is 13.3 Å². The van der Waals surface area contributed by atoms with Gasteiger partial charge in [0.15, 0.2) is 0 Å². The average molecular weight is 227 g/mol. The minimum atomic E-state index is 0.237. The van der Waals surface area contributed by atoms with Gasteiger partial charge in [0, 0.05) is 19.3 Å². The van der Waals surface area contributed by atoms with Crippen molar-refractivity contribution in [2.75, 3.05) is 20.3 Å². The summed E-state index contributed by atoms with van der Waals surface area (Å²) >= 11 is 0. The molecule has 1 aliphatic rings. The van der Waals surface area contributed by atoms with Crippen LogP contribution >= 0.6 is 0 Å². The first-order valence-electron chi connectivity index (χ1n) is 6.66. The maximum absolute atomic E-state index is 5.36. The van der Waals surface area contributed by atoms with Crippen LogP contribution in [0.4, 0.5) is 0 Å². The van der Waals surface area contributed by atoms with E-state index in [9.17, 15) is 0 Å². The van der Waals surface area contributed by atoms with E-state index in [0.29, 0.717) is 0 Å². The molecule has 0 spiro atoms. The van der Waals surface area contributed by atoms with Crippen LogP contribution in [0, 0.1) is 17.8 Å². The maximum Gasteiger partial charge on any atom is 0.0493 e. The largest absolute Gasteiger partial charge is 0.384 e. The van der Waals surface area contributed by atoms with Crippen LogP contribution < -0.4 is 5.32 Å². The van der Waals surface area contributed by atoms with E-state index in [-0.39, 0.29) is 5.54 Å². The summed E-state index contributed by atoms with van der Waals surface area (Å²) in [5, 5.41) is 3.64. The van der Waals surface area contributed by atoms with Crippen LogP contribution in [0.25, 0.3) is 0 Å². The molecular formula is C14H29NO. The minimum absolute atomic E-state index is 0.237. The van der Waals surface area contributed by atoms with E-state index < -0.39 is 0 Å². The van der Waals surface area contributed by atoms with Crippen molar-refractivity contribution >= 4 is 0 Å². The first-order chi connectivity index (χ1) is 7.42. The highest BCUT2D eigenvalue weighted by Gasteiger charge is 2.29. The summed E-state index contributed by atoms with van der Waals surface area (Å²) in [4.78, 5) is 0. The fourth-order valence-electron chi connectivity index (χ4n) is 2.69. The van der Waals surface area contributed by atoms with Crippen LogP contribution in [-0.4, -0.2) is 25.8 Å². The molecule has 96 valence electrons. The zero-order valence-corrected chi connectivity index (χ0v) is 11.7. The zero-order valence-electron chi connectivity index (χ0n) is 11.7. The number of hydrogen-bond donors (Lipinski definition) is 1. The molecule has 16 heavy (non-hydrogen) atoms. The van der Waals surface area contributed by atoms with Crippen molar-refractivity contribution in [3.05, 3.63) is 0 Å². The van der Waals surface area contributed by atoms with Crippen LogP contribution in [0.2, 0.25) is 0 Å². The molecule has 0 heterocycles. The van der Waals surface area contributed by atoms with Crippen molar-refractivity contribution in [1.82, 2.24) is 5.32 Å². The molecule has 1 saturated carbocycles. The van der Waals surface area contributed by atoms with Crippen LogP contribution in [0.5, 0.6) is 0 Å². The van der Waals surface area contributed by atoms with Crippen molar-refractivity contribution in [3.8, 4) is 0 Å². The van der Waals surface area contributed by atoms with E-state index in [2.05, 4.69) is 33.0 Å². The Morgan fingerprint density at radius 1 is 1.19 bits per heavy atom. The fraction of sp³-hybridized carbons (Fsp3) is 1.00. The normalized spacial score (nSPS) is 31.7. The number of nitrogens with one attached hydrogen (secondary N) is 1. The predicted molar refractivity (Wildman–Crippen MR) is 69.6 cm³/mol. The second-order valence-electron chi connectivity index (χ2n) is 6.52. The van der Waals surface area contributed by atoms with Crippen molar-refractivity contribution in [3.63, 3.8) is 0 Å². The third-order valence-electron chi connectivity index (χ3n) is 3.68. The molecule has 2 nitrogen and oxygen atoms in total. The van der Waals surface area contributed by atoms with Gasteiger partial charge < -0.3 is 10.1 Å². The summed E-state index contributed by atoms with van der Waals surface area (Å²) < 4.78 is 5.36. The third kappa shape index (κ3) is 4.84. The molecule has 0 radical (unpaired) electrons. The Bertz CT molecular complexity index is 197. The summed E-state index contributed by atoms with van der Waals surface area (Å²) in [5.41, 5.74) is 0.237. The van der Waals surface area contributed by atoms with E-state index in [1.54, 1.807) is 0 Å². The molecule has 3 atom stereocenters. The summed E-state index contributed by atoms with van der Waals surface area (Å²) in [6, 6.07) is 0. The first-order valence-corrected chi connectivity index (χ1v) is 6.66. The Balaban J connectivity index is 2.42. The molecule has 1 rings (SSSR count). The van der Waals surface area contributed by atoms with Gasteiger partial charge in [0.25, 0.3) is 0 Å². The standard InChI is InChI=1S/C14H29NO/c1-11-6-7-12(9-15-14(2,3)4)13(8-11)10-16-5/h11-13,15H,6-10H2,1-5H3. The highest BCUT2D eigenvalue weighted by atomic mass is 16.5. The van der Waals surface area contributed by atoms with Crippen LogP contribution in [0.15, 0.2) is 0 Å². The molecule has 3 unspecified atom stereocenters. The molecule has 2 heteroatoms. The van der Waals surface area contributed by atoms with Gasteiger partial charge in [-0.15, -0.1) is 0 Å². The second-order valence-corrected chi connectivity index (χ2v) is 6.52. The molecule has 0 bridgehead atoms. The van der Waals surface area contributed by atoms with Crippen LogP contribution in [-0.2, 0) is 4.74 Å². The highest BCUT2D eigenvalue weighted by Crippen LogP contribution is 2.33. The van der Waals surface area contributed by atoms with Gasteiger partial charge >= 0.3 is 0 Å². The topological polar surface area (TPSA) is 21.3 Å². The monoisotopic (exact) mass is 227 g/mol. The van der Waals surface area contributed by atoms with E-state index in [4.69, 9.17) is 4.74 Å². The quantitative estimate of drug-likeness (QED) is 0.797. The Labute approximate surface area is 101 Å². The van der Waals surface area contributed by atoms with Gasteiger partial charge in [0.2, 0.25) is 0 Å². The van der Waals surface area contributed by atoms with E-state index in [0.717, 1.165) is 30.9 Å². The van der Waals surface area contributed by atoms with Crippen LogP contribution in [0.1, 0.15) is 47.0 Å². The number of hydrogen-bond acceptors (Lipinski definition) is 2. The Kier molecular flexibility index (Phi) is 5.26. The lowest BCUT2D eigenvalue weighted by atomic mass is 9.75. The second kappa shape index (κ2) is 6.02. The number of ether oxygens (including phenoxy) is 1. The predicted octanol–water partition coefficient (Wildman–Crippen LogP) is 3.07. The number of methoxy groups -OCH3 is 1. The lowest BCUT2D eigenvalue weighted by Crippen LogP contribution is -2.42. The van der Waals surface area contributed by atoms with Crippen molar-refractivity contribution < 1.29 is 4.74 Å². The van der Waals surface area contributed by atoms with E-state index in [1.165, 1.54) is 19.3 Å². The Morgan fingerprint density at radius 2 is 1.88 bits per heavy atom. The zero-order chi connectivity index (χ0) is 12.2. The molecule has 0 aliphatic heterocycles. The lowest BCUT2D eigenvalue weighted by molar-refractivity contribution is 0.0742. The summed E-state index contributed by atoms with van der Waals surface area (Å²) in [6.07, 6.45) is 4.08. The average Bonchev–Trinajstić information content (AvgIpc) is 2.15. The summed E-state index contributed by atoms with van der Waals surface area (Å²) in [7, 11) is 1.83. The molecule has 0 saturated heterocycles. The first kappa shape index (κ1) is 14.0. The smallest absolute Gasteiger partial charge is 0.0493 e. The summed E-state index contributed by atoms with van der Waals surface area (Å²) in [6.45, 7) is 11.2. The van der Waals surface area contributed by atoms with Crippen molar-refractivity contribution in [2.24, 2.45) is 17.8 Å². The molecule has 0 amide bonds. The highest BCUT2D eigenvalue weighted by molar-refractivity contribution is 4.82. The van der Waals surface area contributed by atoms with Gasteiger partial charge in [-0.25, -0.2) is 0 Å². The molecule has 1 N–H and O–H groups in total. The van der Waals surface area contributed by atoms with Gasteiger partial charge in [-0.05, 0) is 57.9 Å². The SMILES string of the molecule is COCC1CC(C)CCC1CNC(C)(C)C. The minimum Gasteiger partial charge on any atom is -0.384 e. The molecule has 1 aliphatic carbocycles. The molecule has 0 aromatic carbocycles. The van der Waals surface area contributed by atoms with Crippen molar-refractivity contribution in [1.29, 1.82) is 0 Å². The fourth-order valence-corrected chi connectivity index (χ4v) is 2.69. The van der Waals surface area contributed by atoms with E-state index >= 15 is 0 Å². The van der Waals surface area contributed by atoms with Gasteiger partial charge in [-0.3, -0.25) is 0 Å². The van der Waals surface area contributed by atoms with Gasteiger partial charge in [0.05, 0.1) is 0 Å². The maximum atomic E-state index is 5.36. The Morgan fingerprint density at radius 3 is 2.44 bits per heavy atom. The van der Waals surface area contributed by atoms with Crippen molar-refractivity contribution in [2.45, 2.75) is 52.5 Å². The lowest BCUT2D eigenvalue weighted by Gasteiger charge is -2.36. The molecule has 1 fully saturated rings. The van der Waals surface area contributed by atoms with Gasteiger partial charge in [0.1, 0.15) is 0 Å². The third-order valence-corrected chi connectivity index (χ3v) is 3.68. The Hall–Kier alpha value is -0.0800. The van der Waals surface area contributed by atoms with E-state index in [1.807, 2.05) is 7.11 Å². The molecule has 0 aromatic rings. The molecular weight excluding hydrogens is 198 g/mol. The van der Waals surface area contributed by atoms with Crippen LogP contribution in [0.3, 0.4) is 0 Å².